The molecule has 0 fully saturated rings. The fraction of sp³-hybridized carbons (Fsp3) is 0.656. The van der Waals surface area contributed by atoms with E-state index in [1.807, 2.05) is 0 Å². The standard InChI is InChI=1S/C61H100O6/c1-4-7-10-13-16-19-22-25-27-29-31-33-34-36-39-42-45-48-51-54-60(63)66-57-58(56-65-59(62)53-50-47-44-41-38-24-21-18-15-12-9-6-3)67-61(64)55-52-49-46-43-40-37-35-32-30-28-26-23-20-17-14-11-8-5-2/h7,10,16,18-19,21,23,25-28,30-33,35-36,39,58H,4-6,8-9,11-15,17,20,22,24,29,34,37-38,40-57H2,1-3H3/b10-7-,19-16-,21-18-,26-23-,27-25-,30-28-,33-31-,35-32-,39-36-. The lowest BCUT2D eigenvalue weighted by Crippen LogP contribution is -2.30. The average Bonchev–Trinajstić information content (AvgIpc) is 3.33. The van der Waals surface area contributed by atoms with Crippen molar-refractivity contribution >= 4 is 17.9 Å². The quantitative estimate of drug-likeness (QED) is 0.0199. The highest BCUT2D eigenvalue weighted by Crippen LogP contribution is 2.13. The van der Waals surface area contributed by atoms with Crippen LogP contribution in [0, 0.1) is 0 Å². The van der Waals surface area contributed by atoms with E-state index in [2.05, 4.69) is 130 Å². The van der Waals surface area contributed by atoms with Gasteiger partial charge in [-0.1, -0.05) is 214 Å². The lowest BCUT2D eigenvalue weighted by atomic mass is 10.1. The van der Waals surface area contributed by atoms with E-state index in [0.29, 0.717) is 19.3 Å². The molecular weight excluding hydrogens is 829 g/mol. The Balaban J connectivity index is 4.50. The first-order valence-corrected chi connectivity index (χ1v) is 27.4. The molecule has 67 heavy (non-hydrogen) atoms. The maximum atomic E-state index is 12.8. The van der Waals surface area contributed by atoms with E-state index >= 15 is 0 Å². The van der Waals surface area contributed by atoms with Gasteiger partial charge in [0.2, 0.25) is 0 Å². The summed E-state index contributed by atoms with van der Waals surface area (Å²) in [6.07, 6.45) is 73.5. The summed E-state index contributed by atoms with van der Waals surface area (Å²) in [5.74, 6) is -0.968. The summed E-state index contributed by atoms with van der Waals surface area (Å²) in [4.78, 5) is 38.1. The second-order valence-corrected chi connectivity index (χ2v) is 17.8. The van der Waals surface area contributed by atoms with Crippen molar-refractivity contribution in [2.75, 3.05) is 13.2 Å². The first-order valence-electron chi connectivity index (χ1n) is 27.4. The molecule has 6 heteroatoms. The van der Waals surface area contributed by atoms with Gasteiger partial charge in [-0.2, -0.15) is 0 Å². The second-order valence-electron chi connectivity index (χ2n) is 17.8. The molecule has 1 atom stereocenters. The van der Waals surface area contributed by atoms with Crippen molar-refractivity contribution in [3.05, 3.63) is 109 Å². The summed E-state index contributed by atoms with van der Waals surface area (Å²) in [6, 6.07) is 0. The molecule has 0 N–H and O–H groups in total. The van der Waals surface area contributed by atoms with Crippen LogP contribution in [0.25, 0.3) is 0 Å². The Hall–Kier alpha value is -3.93. The molecule has 1 unspecified atom stereocenters. The highest BCUT2D eigenvalue weighted by atomic mass is 16.6. The van der Waals surface area contributed by atoms with E-state index in [9.17, 15) is 14.4 Å². The molecular formula is C61H100O6. The predicted molar refractivity (Wildman–Crippen MR) is 288 cm³/mol. The van der Waals surface area contributed by atoms with Crippen molar-refractivity contribution < 1.29 is 28.6 Å². The first-order chi connectivity index (χ1) is 33.0. The number of allylic oxidation sites excluding steroid dienone is 18. The van der Waals surface area contributed by atoms with E-state index in [1.54, 1.807) is 0 Å². The van der Waals surface area contributed by atoms with Crippen molar-refractivity contribution in [2.45, 2.75) is 245 Å². The van der Waals surface area contributed by atoms with Gasteiger partial charge in [-0.3, -0.25) is 14.4 Å². The van der Waals surface area contributed by atoms with Gasteiger partial charge in [-0.05, 0) is 116 Å². The molecule has 380 valence electrons. The Morgan fingerprint density at radius 1 is 0.328 bits per heavy atom. The van der Waals surface area contributed by atoms with Crippen LogP contribution in [0.4, 0.5) is 0 Å². The van der Waals surface area contributed by atoms with Crippen molar-refractivity contribution in [2.24, 2.45) is 0 Å². The summed E-state index contributed by atoms with van der Waals surface area (Å²) in [5.41, 5.74) is 0. The van der Waals surface area contributed by atoms with Crippen LogP contribution in [-0.4, -0.2) is 37.2 Å². The fourth-order valence-corrected chi connectivity index (χ4v) is 7.17. The van der Waals surface area contributed by atoms with Gasteiger partial charge in [0.25, 0.3) is 0 Å². The van der Waals surface area contributed by atoms with Gasteiger partial charge in [0, 0.05) is 19.3 Å². The number of ether oxygens (including phenoxy) is 3. The highest BCUT2D eigenvalue weighted by molar-refractivity contribution is 5.71. The Morgan fingerprint density at radius 2 is 0.642 bits per heavy atom. The van der Waals surface area contributed by atoms with Crippen LogP contribution in [0.3, 0.4) is 0 Å². The van der Waals surface area contributed by atoms with Crippen LogP contribution in [0.5, 0.6) is 0 Å². The largest absolute Gasteiger partial charge is 0.462 e. The molecule has 0 aliphatic rings. The van der Waals surface area contributed by atoms with E-state index < -0.39 is 6.10 Å². The third-order valence-electron chi connectivity index (χ3n) is 11.3. The zero-order valence-corrected chi connectivity index (χ0v) is 43.4. The molecule has 0 aliphatic heterocycles. The van der Waals surface area contributed by atoms with Gasteiger partial charge in [-0.25, -0.2) is 0 Å². The first kappa shape index (κ1) is 63.1. The van der Waals surface area contributed by atoms with Gasteiger partial charge >= 0.3 is 17.9 Å². The van der Waals surface area contributed by atoms with Gasteiger partial charge in [0.05, 0.1) is 0 Å². The summed E-state index contributed by atoms with van der Waals surface area (Å²) in [6.45, 7) is 6.42. The Bertz CT molecular complexity index is 1390. The molecule has 0 spiro atoms. The van der Waals surface area contributed by atoms with Gasteiger partial charge in [0.15, 0.2) is 6.10 Å². The number of esters is 3. The molecule has 0 amide bonds. The SMILES string of the molecule is CC/C=C\C/C=C\C/C=C\C/C=C\C/C=C\CCCCCC(=O)OCC(COC(=O)CCCCCCC/C=C\CCCCC)OC(=O)CCCCCCC\C=C/C=C\C=C/CCCCCCC. The average molecular weight is 929 g/mol. The van der Waals surface area contributed by atoms with Crippen LogP contribution in [-0.2, 0) is 28.6 Å². The zero-order valence-electron chi connectivity index (χ0n) is 43.4. The highest BCUT2D eigenvalue weighted by Gasteiger charge is 2.19. The lowest BCUT2D eigenvalue weighted by Gasteiger charge is -2.18. The Kier molecular flexibility index (Phi) is 51.5. The van der Waals surface area contributed by atoms with Crippen LogP contribution >= 0.6 is 0 Å². The molecule has 6 nitrogen and oxygen atoms in total. The molecule has 0 saturated carbocycles. The number of hydrogen-bond donors (Lipinski definition) is 0. The van der Waals surface area contributed by atoms with Crippen molar-refractivity contribution in [1.29, 1.82) is 0 Å². The smallest absolute Gasteiger partial charge is 0.306 e. The van der Waals surface area contributed by atoms with Crippen molar-refractivity contribution in [3.63, 3.8) is 0 Å². The second kappa shape index (κ2) is 54.7. The van der Waals surface area contributed by atoms with E-state index in [-0.39, 0.29) is 31.1 Å². The summed E-state index contributed by atoms with van der Waals surface area (Å²) < 4.78 is 16.8. The van der Waals surface area contributed by atoms with Crippen LogP contribution in [0.2, 0.25) is 0 Å². The minimum absolute atomic E-state index is 0.103. The molecule has 0 saturated heterocycles. The summed E-state index contributed by atoms with van der Waals surface area (Å²) >= 11 is 0. The predicted octanol–water partition coefficient (Wildman–Crippen LogP) is 18.3. The number of rotatable bonds is 48. The third kappa shape index (κ3) is 52.9. The Labute approximate surface area is 412 Å². The monoisotopic (exact) mass is 929 g/mol. The molecule has 0 heterocycles. The lowest BCUT2D eigenvalue weighted by molar-refractivity contribution is -0.167. The van der Waals surface area contributed by atoms with Crippen LogP contribution < -0.4 is 0 Å². The topological polar surface area (TPSA) is 78.9 Å². The molecule has 0 rings (SSSR count). The maximum absolute atomic E-state index is 12.8. The summed E-state index contributed by atoms with van der Waals surface area (Å²) in [5, 5.41) is 0. The van der Waals surface area contributed by atoms with Crippen molar-refractivity contribution in [3.8, 4) is 0 Å². The normalized spacial score (nSPS) is 12.9. The molecule has 0 aromatic rings. The zero-order chi connectivity index (χ0) is 48.6. The van der Waals surface area contributed by atoms with Gasteiger partial charge < -0.3 is 14.2 Å². The summed E-state index contributed by atoms with van der Waals surface area (Å²) in [7, 11) is 0. The molecule has 0 radical (unpaired) electrons. The van der Waals surface area contributed by atoms with Gasteiger partial charge in [0.1, 0.15) is 13.2 Å². The van der Waals surface area contributed by atoms with E-state index in [4.69, 9.17) is 14.2 Å². The third-order valence-corrected chi connectivity index (χ3v) is 11.3. The van der Waals surface area contributed by atoms with E-state index in [0.717, 1.165) is 135 Å². The molecule has 0 aromatic heterocycles. The maximum Gasteiger partial charge on any atom is 0.306 e. The number of carbonyl (C=O) groups is 3. The number of unbranched alkanes of at least 4 members (excludes halogenated alkanes) is 21. The van der Waals surface area contributed by atoms with E-state index in [1.165, 1.54) is 64.2 Å². The van der Waals surface area contributed by atoms with Crippen molar-refractivity contribution in [1.82, 2.24) is 0 Å². The minimum atomic E-state index is -0.808. The molecule has 0 bridgehead atoms. The van der Waals surface area contributed by atoms with Gasteiger partial charge in [-0.15, -0.1) is 0 Å². The van der Waals surface area contributed by atoms with Crippen LogP contribution in [0.15, 0.2) is 109 Å². The molecule has 0 aromatic carbocycles. The fourth-order valence-electron chi connectivity index (χ4n) is 7.17. The number of carbonyl (C=O) groups excluding carboxylic acids is 3. The van der Waals surface area contributed by atoms with Crippen LogP contribution in [0.1, 0.15) is 239 Å². The number of hydrogen-bond acceptors (Lipinski definition) is 6. The molecule has 0 aliphatic carbocycles. The minimum Gasteiger partial charge on any atom is -0.462 e. The Morgan fingerprint density at radius 3 is 1.09 bits per heavy atom.